The summed E-state index contributed by atoms with van der Waals surface area (Å²) in [6.45, 7) is 3.11. The maximum absolute atomic E-state index is 10.6. The molecule has 3 aromatic rings. The second-order valence-electron chi connectivity index (χ2n) is 7.59. The van der Waals surface area contributed by atoms with Crippen molar-refractivity contribution in [2.75, 3.05) is 34.9 Å². The van der Waals surface area contributed by atoms with E-state index in [1.165, 1.54) is 5.56 Å². The Labute approximate surface area is 178 Å². The molecule has 0 spiro atoms. The Morgan fingerprint density at radius 2 is 1.73 bits per heavy atom. The molecule has 2 N–H and O–H groups in total. The fourth-order valence-corrected chi connectivity index (χ4v) is 3.60. The van der Waals surface area contributed by atoms with Crippen molar-refractivity contribution in [2.24, 2.45) is 4.99 Å². The van der Waals surface area contributed by atoms with Gasteiger partial charge in [0.15, 0.2) is 17.4 Å². The summed E-state index contributed by atoms with van der Waals surface area (Å²) >= 11 is 0. The monoisotopic (exact) mass is 409 g/mol. The zero-order valence-corrected chi connectivity index (χ0v) is 18.5. The molecule has 0 amide bonds. The van der Waals surface area contributed by atoms with E-state index in [1.54, 1.807) is 14.2 Å². The first-order valence-electron chi connectivity index (χ1n) is 10.2. The van der Waals surface area contributed by atoms with E-state index in [1.807, 2.05) is 31.2 Å². The van der Waals surface area contributed by atoms with Crippen LogP contribution < -0.4 is 9.47 Å². The molecule has 3 rings (SSSR count). The maximum atomic E-state index is 10.6. The number of aromatic amines is 1. The van der Waals surface area contributed by atoms with Crippen molar-refractivity contribution in [1.29, 1.82) is 0 Å². The van der Waals surface area contributed by atoms with Gasteiger partial charge in [-0.05, 0) is 63.7 Å². The van der Waals surface area contributed by atoms with E-state index in [0.717, 1.165) is 41.7 Å². The molecular weight excluding hydrogens is 378 g/mol. The van der Waals surface area contributed by atoms with Gasteiger partial charge in [-0.3, -0.25) is 4.99 Å². The Kier molecular flexibility index (Phi) is 7.00. The molecule has 0 unspecified atom stereocenters. The number of nitrogens with one attached hydrogen (secondary N) is 1. The van der Waals surface area contributed by atoms with Crippen LogP contribution in [0.4, 0.5) is 5.69 Å². The smallest absolute Gasteiger partial charge is 0.198 e. The van der Waals surface area contributed by atoms with Gasteiger partial charge >= 0.3 is 0 Å². The van der Waals surface area contributed by atoms with E-state index in [0.29, 0.717) is 23.5 Å². The third kappa shape index (κ3) is 4.76. The minimum Gasteiger partial charge on any atom is -0.494 e. The summed E-state index contributed by atoms with van der Waals surface area (Å²) in [5.74, 6) is 1.32. The molecule has 0 saturated carbocycles. The molecule has 0 aliphatic carbocycles. The van der Waals surface area contributed by atoms with Gasteiger partial charge in [0.1, 0.15) is 0 Å². The summed E-state index contributed by atoms with van der Waals surface area (Å²) in [7, 11) is 7.38. The van der Waals surface area contributed by atoms with Crippen LogP contribution in [-0.4, -0.2) is 55.6 Å². The zero-order valence-electron chi connectivity index (χ0n) is 18.5. The molecule has 0 fully saturated rings. The highest BCUT2D eigenvalue weighted by atomic mass is 16.5. The van der Waals surface area contributed by atoms with Gasteiger partial charge in [-0.25, -0.2) is 0 Å². The second kappa shape index (κ2) is 9.67. The lowest BCUT2D eigenvalue weighted by Crippen LogP contribution is -2.13. The summed E-state index contributed by atoms with van der Waals surface area (Å²) < 4.78 is 10.8. The number of benzene rings is 2. The third-order valence-corrected chi connectivity index (χ3v) is 5.18. The van der Waals surface area contributed by atoms with Crippen LogP contribution in [0.5, 0.6) is 17.4 Å². The molecule has 2 aromatic carbocycles. The number of hydrogen-bond acceptors (Lipinski definition) is 5. The van der Waals surface area contributed by atoms with Crippen LogP contribution in [0.25, 0.3) is 10.9 Å². The first kappa shape index (κ1) is 21.7. The van der Waals surface area contributed by atoms with Gasteiger partial charge in [-0.15, -0.1) is 0 Å². The topological polar surface area (TPSA) is 70.1 Å². The molecule has 1 aromatic heterocycles. The molecule has 1 heterocycles. The normalized spacial score (nSPS) is 12.0. The predicted molar refractivity (Wildman–Crippen MR) is 123 cm³/mol. The lowest BCUT2D eigenvalue weighted by molar-refractivity contribution is 0.356. The highest BCUT2D eigenvalue weighted by Gasteiger charge is 2.18. The number of nitrogens with zero attached hydrogens (tertiary/aromatic N) is 2. The van der Waals surface area contributed by atoms with Crippen molar-refractivity contribution < 1.29 is 14.6 Å². The Bertz CT molecular complexity index is 1020. The van der Waals surface area contributed by atoms with E-state index in [9.17, 15) is 5.11 Å². The van der Waals surface area contributed by atoms with Crippen molar-refractivity contribution >= 4 is 22.3 Å². The minimum absolute atomic E-state index is 0.0983. The summed E-state index contributed by atoms with van der Waals surface area (Å²) in [5, 5.41) is 11.5. The fourth-order valence-electron chi connectivity index (χ4n) is 3.60. The number of aliphatic imine (C=N–C) groups is 1. The molecule has 0 bridgehead atoms. The van der Waals surface area contributed by atoms with Crippen molar-refractivity contribution in [2.45, 2.75) is 26.2 Å². The Hall–Kier alpha value is -2.99. The van der Waals surface area contributed by atoms with Crippen LogP contribution in [0.3, 0.4) is 0 Å². The van der Waals surface area contributed by atoms with Gasteiger partial charge in [0.25, 0.3) is 0 Å². The van der Waals surface area contributed by atoms with Crippen LogP contribution in [0, 0.1) is 0 Å². The molecule has 0 atom stereocenters. The van der Waals surface area contributed by atoms with Crippen molar-refractivity contribution in [3.63, 3.8) is 0 Å². The quantitative estimate of drug-likeness (QED) is 0.492. The van der Waals surface area contributed by atoms with Crippen LogP contribution in [0.2, 0.25) is 0 Å². The lowest BCUT2D eigenvalue weighted by Gasteiger charge is -2.09. The second-order valence-corrected chi connectivity index (χ2v) is 7.59. The third-order valence-electron chi connectivity index (χ3n) is 5.18. The van der Waals surface area contributed by atoms with Crippen molar-refractivity contribution in [3.05, 3.63) is 47.5 Å². The first-order valence-corrected chi connectivity index (χ1v) is 10.2. The number of methoxy groups -OCH3 is 2. The highest BCUT2D eigenvalue weighted by molar-refractivity contribution is 6.14. The molecule has 0 aliphatic rings. The SMILES string of the molecule is CCC(=Nc1ccc(CCCN(C)C)cc1)c1c(O)[nH]c2cc(OC)c(OC)cc12. The van der Waals surface area contributed by atoms with Crippen LogP contribution in [0.1, 0.15) is 30.9 Å². The largest absolute Gasteiger partial charge is 0.494 e. The van der Waals surface area contributed by atoms with Gasteiger partial charge in [-0.2, -0.15) is 0 Å². The number of hydrogen-bond donors (Lipinski definition) is 2. The highest BCUT2D eigenvalue weighted by Crippen LogP contribution is 2.37. The number of H-pyrrole nitrogens is 1. The van der Waals surface area contributed by atoms with Gasteiger partial charge in [-0.1, -0.05) is 19.1 Å². The molecular formula is C24H31N3O3. The van der Waals surface area contributed by atoms with Crippen LogP contribution in [0.15, 0.2) is 41.4 Å². The van der Waals surface area contributed by atoms with Gasteiger partial charge in [0, 0.05) is 11.5 Å². The van der Waals surface area contributed by atoms with Gasteiger partial charge in [0.05, 0.1) is 36.7 Å². The van der Waals surface area contributed by atoms with E-state index in [4.69, 9.17) is 14.5 Å². The van der Waals surface area contributed by atoms with E-state index >= 15 is 0 Å². The van der Waals surface area contributed by atoms with E-state index in [2.05, 4.69) is 36.1 Å². The predicted octanol–water partition coefficient (Wildman–Crippen LogP) is 4.92. The van der Waals surface area contributed by atoms with Gasteiger partial charge in [0.2, 0.25) is 0 Å². The summed E-state index contributed by atoms with van der Waals surface area (Å²) in [6.07, 6.45) is 2.86. The number of aromatic nitrogens is 1. The summed E-state index contributed by atoms with van der Waals surface area (Å²) in [6, 6.07) is 12.0. The van der Waals surface area contributed by atoms with Crippen LogP contribution in [-0.2, 0) is 6.42 Å². The standard InChI is InChI=1S/C24H31N3O3/c1-6-19(25-17-11-9-16(10-12-17)8-7-13-27(2)3)23-18-14-21(29-4)22(30-5)15-20(18)26-24(23)28/h9-12,14-15,26,28H,6-8,13H2,1-5H3. The average Bonchev–Trinajstić information content (AvgIpc) is 3.06. The Morgan fingerprint density at radius 3 is 2.33 bits per heavy atom. The molecule has 6 heteroatoms. The Balaban J connectivity index is 1.92. The number of aryl methyl sites for hydroxylation is 1. The molecule has 0 radical (unpaired) electrons. The fraction of sp³-hybridized carbons (Fsp3) is 0.375. The van der Waals surface area contributed by atoms with Crippen molar-refractivity contribution in [3.8, 4) is 17.4 Å². The number of ether oxygens (including phenoxy) is 2. The maximum Gasteiger partial charge on any atom is 0.198 e. The molecule has 30 heavy (non-hydrogen) atoms. The number of rotatable bonds is 9. The summed E-state index contributed by atoms with van der Waals surface area (Å²) in [5.41, 5.74) is 4.46. The number of fused-ring (bicyclic) bond motifs is 1. The lowest BCUT2D eigenvalue weighted by atomic mass is 10.0. The van der Waals surface area contributed by atoms with Gasteiger partial charge < -0.3 is 24.5 Å². The van der Waals surface area contributed by atoms with Crippen molar-refractivity contribution in [1.82, 2.24) is 9.88 Å². The average molecular weight is 410 g/mol. The number of aromatic hydroxyl groups is 1. The Morgan fingerprint density at radius 1 is 1.07 bits per heavy atom. The molecule has 0 saturated heterocycles. The molecule has 6 nitrogen and oxygen atoms in total. The zero-order chi connectivity index (χ0) is 21.7. The summed E-state index contributed by atoms with van der Waals surface area (Å²) in [4.78, 5) is 10.1. The minimum atomic E-state index is 0.0983. The van der Waals surface area contributed by atoms with E-state index < -0.39 is 0 Å². The molecule has 0 aliphatic heterocycles. The first-order chi connectivity index (χ1) is 14.5. The van der Waals surface area contributed by atoms with Crippen LogP contribution >= 0.6 is 0 Å². The molecule has 160 valence electrons. The van der Waals surface area contributed by atoms with E-state index in [-0.39, 0.29) is 5.88 Å².